The topological polar surface area (TPSA) is 86.3 Å². The summed E-state index contributed by atoms with van der Waals surface area (Å²) in [7, 11) is 0. The summed E-state index contributed by atoms with van der Waals surface area (Å²) in [6.45, 7) is 0.714. The molecular formula is C22H21N3O3. The molecule has 2 atom stereocenters. The molecule has 1 saturated heterocycles. The number of fused-ring (bicyclic) bond motifs is 4. The standard InChI is InChI=1S/C22H21N3O3/c26-21(14-6-8-17-18(11-14)24-12-23-17)25-10-2-5-15-19(25)9-7-13-3-1-4-16(20(13)15)22(27)28/h1,3-4,6,8,11-12,15,19H,2,5,7,9-10H2,(H,23,24)(H,27,28)/t15-,19-/m1/s1. The summed E-state index contributed by atoms with van der Waals surface area (Å²) in [4.78, 5) is 34.4. The Bertz CT molecular complexity index is 1090. The number of aryl methyl sites for hydroxylation is 1. The highest BCUT2D eigenvalue weighted by Crippen LogP contribution is 2.42. The van der Waals surface area contributed by atoms with Crippen LogP contribution >= 0.6 is 0 Å². The smallest absolute Gasteiger partial charge is 0.335 e. The number of carbonyl (C=O) groups excluding carboxylic acids is 1. The number of carboxylic acids is 1. The minimum absolute atomic E-state index is 0.0162. The summed E-state index contributed by atoms with van der Waals surface area (Å²) in [6.07, 6.45) is 5.11. The fraction of sp³-hybridized carbons (Fsp3) is 0.318. The van der Waals surface area contributed by atoms with Gasteiger partial charge in [-0.3, -0.25) is 4.79 Å². The molecule has 6 nitrogen and oxygen atoms in total. The molecule has 2 N–H and O–H groups in total. The number of aromatic amines is 1. The number of H-pyrrole nitrogens is 1. The van der Waals surface area contributed by atoms with Gasteiger partial charge in [0.25, 0.3) is 5.91 Å². The Labute approximate surface area is 162 Å². The number of benzene rings is 2. The molecule has 0 saturated carbocycles. The van der Waals surface area contributed by atoms with E-state index in [4.69, 9.17) is 0 Å². The van der Waals surface area contributed by atoms with Crippen LogP contribution in [0.15, 0.2) is 42.7 Å². The molecule has 1 aliphatic carbocycles. The summed E-state index contributed by atoms with van der Waals surface area (Å²) in [6, 6.07) is 11.1. The van der Waals surface area contributed by atoms with E-state index in [1.807, 2.05) is 35.2 Å². The highest BCUT2D eigenvalue weighted by molar-refractivity contribution is 5.97. The first-order valence-electron chi connectivity index (χ1n) is 9.72. The third kappa shape index (κ3) is 2.59. The zero-order valence-corrected chi connectivity index (χ0v) is 15.4. The van der Waals surface area contributed by atoms with E-state index < -0.39 is 5.97 Å². The zero-order valence-electron chi connectivity index (χ0n) is 15.4. The lowest BCUT2D eigenvalue weighted by Crippen LogP contribution is -2.49. The molecule has 2 heterocycles. The van der Waals surface area contributed by atoms with Gasteiger partial charge in [-0.05, 0) is 61.1 Å². The molecule has 6 heteroatoms. The first-order chi connectivity index (χ1) is 13.6. The molecule has 28 heavy (non-hydrogen) atoms. The number of hydrogen-bond acceptors (Lipinski definition) is 3. The molecule has 1 aromatic heterocycles. The Morgan fingerprint density at radius 2 is 2.07 bits per heavy atom. The van der Waals surface area contributed by atoms with Crippen LogP contribution < -0.4 is 0 Å². The summed E-state index contributed by atoms with van der Waals surface area (Å²) in [5.74, 6) is -0.780. The minimum Gasteiger partial charge on any atom is -0.478 e. The average Bonchev–Trinajstić information content (AvgIpc) is 3.20. The van der Waals surface area contributed by atoms with Gasteiger partial charge in [0.15, 0.2) is 0 Å². The maximum absolute atomic E-state index is 13.3. The van der Waals surface area contributed by atoms with Crippen LogP contribution in [0.25, 0.3) is 11.0 Å². The van der Waals surface area contributed by atoms with Crippen molar-refractivity contribution in [3.63, 3.8) is 0 Å². The lowest BCUT2D eigenvalue weighted by molar-refractivity contribution is 0.0544. The van der Waals surface area contributed by atoms with Crippen molar-refractivity contribution in [2.24, 2.45) is 0 Å². The van der Waals surface area contributed by atoms with Crippen LogP contribution in [0.4, 0.5) is 0 Å². The number of rotatable bonds is 2. The van der Waals surface area contributed by atoms with E-state index in [9.17, 15) is 14.7 Å². The summed E-state index contributed by atoms with van der Waals surface area (Å²) in [5.41, 5.74) is 4.78. The van der Waals surface area contributed by atoms with E-state index in [1.165, 1.54) is 0 Å². The van der Waals surface area contributed by atoms with Crippen molar-refractivity contribution in [2.75, 3.05) is 6.54 Å². The first kappa shape index (κ1) is 17.0. The fourth-order valence-corrected chi connectivity index (χ4v) is 5.00. The molecule has 3 aromatic rings. The fourth-order valence-electron chi connectivity index (χ4n) is 5.00. The van der Waals surface area contributed by atoms with Crippen LogP contribution in [0.1, 0.15) is 57.0 Å². The molecule has 2 aromatic carbocycles. The largest absolute Gasteiger partial charge is 0.478 e. The van der Waals surface area contributed by atoms with Gasteiger partial charge in [0.05, 0.1) is 22.9 Å². The number of nitrogens with one attached hydrogen (secondary N) is 1. The van der Waals surface area contributed by atoms with Gasteiger partial charge < -0.3 is 15.0 Å². The van der Waals surface area contributed by atoms with Crippen LogP contribution in [0.3, 0.4) is 0 Å². The number of amides is 1. The second-order valence-electron chi connectivity index (χ2n) is 7.67. The normalized spacial score (nSPS) is 21.2. The number of likely N-dealkylation sites (tertiary alicyclic amines) is 1. The molecule has 0 bridgehead atoms. The van der Waals surface area contributed by atoms with Crippen LogP contribution in [-0.4, -0.2) is 44.4 Å². The van der Waals surface area contributed by atoms with Crippen molar-refractivity contribution in [1.29, 1.82) is 0 Å². The predicted octanol–water partition coefficient (Wildman–Crippen LogP) is 3.60. The lowest BCUT2D eigenvalue weighted by Gasteiger charge is -2.45. The van der Waals surface area contributed by atoms with E-state index >= 15 is 0 Å². The van der Waals surface area contributed by atoms with Gasteiger partial charge in [-0.1, -0.05) is 12.1 Å². The molecule has 0 radical (unpaired) electrons. The number of piperidine rings is 1. The van der Waals surface area contributed by atoms with Crippen molar-refractivity contribution < 1.29 is 14.7 Å². The van der Waals surface area contributed by atoms with Crippen LogP contribution in [0, 0.1) is 0 Å². The Morgan fingerprint density at radius 3 is 2.93 bits per heavy atom. The van der Waals surface area contributed by atoms with Crippen molar-refractivity contribution >= 4 is 22.9 Å². The summed E-state index contributed by atoms with van der Waals surface area (Å²) < 4.78 is 0. The van der Waals surface area contributed by atoms with Crippen molar-refractivity contribution in [3.8, 4) is 0 Å². The minimum atomic E-state index is -0.884. The Kier molecular flexibility index (Phi) is 3.93. The highest BCUT2D eigenvalue weighted by Gasteiger charge is 2.40. The molecule has 1 fully saturated rings. The van der Waals surface area contributed by atoms with Crippen LogP contribution in [0.5, 0.6) is 0 Å². The summed E-state index contributed by atoms with van der Waals surface area (Å²) in [5, 5.41) is 9.67. The van der Waals surface area contributed by atoms with E-state index in [-0.39, 0.29) is 17.9 Å². The number of carbonyl (C=O) groups is 2. The third-order valence-electron chi connectivity index (χ3n) is 6.21. The second-order valence-corrected chi connectivity index (χ2v) is 7.67. The van der Waals surface area contributed by atoms with E-state index in [2.05, 4.69) is 9.97 Å². The van der Waals surface area contributed by atoms with Crippen LogP contribution in [0.2, 0.25) is 0 Å². The van der Waals surface area contributed by atoms with Crippen molar-refractivity contribution in [1.82, 2.24) is 14.9 Å². The number of aromatic carboxylic acids is 1. The third-order valence-corrected chi connectivity index (χ3v) is 6.21. The Balaban J connectivity index is 1.51. The quantitative estimate of drug-likeness (QED) is 0.717. The molecule has 142 valence electrons. The Hall–Kier alpha value is -3.15. The van der Waals surface area contributed by atoms with Gasteiger partial charge in [0.2, 0.25) is 0 Å². The molecular weight excluding hydrogens is 354 g/mol. The Morgan fingerprint density at radius 1 is 1.18 bits per heavy atom. The van der Waals surface area contributed by atoms with Gasteiger partial charge in [-0.2, -0.15) is 0 Å². The number of imidazole rings is 1. The lowest BCUT2D eigenvalue weighted by atomic mass is 9.72. The predicted molar refractivity (Wildman–Crippen MR) is 105 cm³/mol. The number of aromatic nitrogens is 2. The average molecular weight is 375 g/mol. The monoisotopic (exact) mass is 375 g/mol. The van der Waals surface area contributed by atoms with Gasteiger partial charge in [-0.15, -0.1) is 0 Å². The number of carboxylic acid groups (broad SMARTS) is 1. The van der Waals surface area contributed by atoms with E-state index in [0.717, 1.165) is 47.8 Å². The van der Waals surface area contributed by atoms with Crippen LogP contribution in [-0.2, 0) is 6.42 Å². The number of hydrogen-bond donors (Lipinski definition) is 2. The molecule has 1 amide bonds. The first-order valence-corrected chi connectivity index (χ1v) is 9.72. The zero-order chi connectivity index (χ0) is 19.3. The maximum atomic E-state index is 13.3. The molecule has 0 spiro atoms. The molecule has 5 rings (SSSR count). The molecule has 1 aliphatic heterocycles. The SMILES string of the molecule is O=C(O)c1cccc2c1[C@@H]1CCCN(C(=O)c3ccc4nc[nH]c4c3)[C@@H]1CC2. The maximum Gasteiger partial charge on any atom is 0.335 e. The van der Waals surface area contributed by atoms with Gasteiger partial charge in [0, 0.05) is 24.1 Å². The molecule has 2 aliphatic rings. The highest BCUT2D eigenvalue weighted by atomic mass is 16.4. The summed E-state index contributed by atoms with van der Waals surface area (Å²) >= 11 is 0. The van der Waals surface area contributed by atoms with E-state index in [0.29, 0.717) is 17.7 Å². The van der Waals surface area contributed by atoms with Crippen molar-refractivity contribution in [3.05, 3.63) is 65.0 Å². The van der Waals surface area contributed by atoms with Gasteiger partial charge in [0.1, 0.15) is 0 Å². The number of nitrogens with zero attached hydrogens (tertiary/aromatic N) is 2. The second kappa shape index (κ2) is 6.48. The van der Waals surface area contributed by atoms with Gasteiger partial charge in [-0.25, -0.2) is 9.78 Å². The molecule has 0 unspecified atom stereocenters. The van der Waals surface area contributed by atoms with Crippen molar-refractivity contribution in [2.45, 2.75) is 37.6 Å². The van der Waals surface area contributed by atoms with E-state index in [1.54, 1.807) is 12.4 Å². The van der Waals surface area contributed by atoms with Gasteiger partial charge >= 0.3 is 5.97 Å².